The normalized spacial score (nSPS) is 16.5. The first kappa shape index (κ1) is 16.5. The molecule has 1 heterocycles. The molecule has 21 heavy (non-hydrogen) atoms. The van der Waals surface area contributed by atoms with E-state index in [9.17, 15) is 9.59 Å². The van der Waals surface area contributed by atoms with Crippen LogP contribution in [0.3, 0.4) is 0 Å². The monoisotopic (exact) mass is 327 g/mol. The number of thiophene rings is 1. The molecule has 1 aliphatic rings. The molecule has 1 amide bonds. The van der Waals surface area contributed by atoms with Gasteiger partial charge in [0.1, 0.15) is 0 Å². The van der Waals surface area contributed by atoms with Crippen molar-refractivity contribution in [2.75, 3.05) is 7.05 Å². The zero-order valence-corrected chi connectivity index (χ0v) is 14.0. The second kappa shape index (κ2) is 7.95. The van der Waals surface area contributed by atoms with E-state index in [4.69, 9.17) is 11.6 Å². The summed E-state index contributed by atoms with van der Waals surface area (Å²) in [5.74, 6) is 0.0902. The van der Waals surface area contributed by atoms with Gasteiger partial charge in [0.2, 0.25) is 5.91 Å². The second-order valence-corrected chi connectivity index (χ2v) is 7.39. The van der Waals surface area contributed by atoms with Gasteiger partial charge in [0.25, 0.3) is 0 Å². The SMILES string of the molecule is CN(C(=O)CCC(=O)c1ccc(Cl)s1)C1CCCCCC1. The van der Waals surface area contributed by atoms with Gasteiger partial charge in [-0.15, -0.1) is 11.3 Å². The first-order chi connectivity index (χ1) is 10.1. The Kier molecular flexibility index (Phi) is 6.24. The smallest absolute Gasteiger partial charge is 0.223 e. The third kappa shape index (κ3) is 4.82. The van der Waals surface area contributed by atoms with Gasteiger partial charge in [-0.1, -0.05) is 37.3 Å². The van der Waals surface area contributed by atoms with E-state index in [0.717, 1.165) is 12.8 Å². The maximum absolute atomic E-state index is 12.2. The van der Waals surface area contributed by atoms with Gasteiger partial charge in [0.05, 0.1) is 9.21 Å². The van der Waals surface area contributed by atoms with Crippen LogP contribution in [0.5, 0.6) is 0 Å². The molecular weight excluding hydrogens is 306 g/mol. The highest BCUT2D eigenvalue weighted by Gasteiger charge is 2.21. The summed E-state index contributed by atoms with van der Waals surface area (Å²) in [6, 6.07) is 3.81. The van der Waals surface area contributed by atoms with Crippen LogP contribution in [0, 0.1) is 0 Å². The van der Waals surface area contributed by atoms with Crippen LogP contribution in [0.2, 0.25) is 4.34 Å². The van der Waals surface area contributed by atoms with E-state index < -0.39 is 0 Å². The van der Waals surface area contributed by atoms with E-state index in [-0.39, 0.29) is 18.1 Å². The Morgan fingerprint density at radius 2 is 1.86 bits per heavy atom. The molecule has 0 bridgehead atoms. The van der Waals surface area contributed by atoms with Crippen molar-refractivity contribution in [3.63, 3.8) is 0 Å². The van der Waals surface area contributed by atoms with Crippen LogP contribution in [0.25, 0.3) is 0 Å². The third-order valence-corrected chi connectivity index (χ3v) is 5.45. The predicted octanol–water partition coefficient (Wildman–Crippen LogP) is 4.55. The largest absolute Gasteiger partial charge is 0.343 e. The first-order valence-electron chi connectivity index (χ1n) is 7.62. The fraction of sp³-hybridized carbons (Fsp3) is 0.625. The minimum absolute atomic E-state index is 0.00881. The molecule has 0 aliphatic heterocycles. The van der Waals surface area contributed by atoms with E-state index in [1.54, 1.807) is 12.1 Å². The van der Waals surface area contributed by atoms with Crippen LogP contribution in [0.15, 0.2) is 12.1 Å². The minimum atomic E-state index is 0.00881. The molecule has 0 radical (unpaired) electrons. The van der Waals surface area contributed by atoms with Gasteiger partial charge in [-0.05, 0) is 25.0 Å². The number of hydrogen-bond donors (Lipinski definition) is 0. The summed E-state index contributed by atoms with van der Waals surface area (Å²) in [6.07, 6.45) is 7.71. The van der Waals surface area contributed by atoms with Gasteiger partial charge >= 0.3 is 0 Å². The number of Topliss-reactive ketones (excluding diaryl/α,β-unsaturated/α-hetero) is 1. The fourth-order valence-corrected chi connectivity index (χ4v) is 3.84. The molecule has 1 fully saturated rings. The summed E-state index contributed by atoms with van der Waals surface area (Å²) in [5.41, 5.74) is 0. The molecule has 116 valence electrons. The maximum Gasteiger partial charge on any atom is 0.223 e. The third-order valence-electron chi connectivity index (χ3n) is 4.18. The lowest BCUT2D eigenvalue weighted by Crippen LogP contribution is -2.36. The van der Waals surface area contributed by atoms with Crippen LogP contribution < -0.4 is 0 Å². The van der Waals surface area contributed by atoms with Crippen LogP contribution in [0.1, 0.15) is 61.0 Å². The molecule has 0 atom stereocenters. The van der Waals surface area contributed by atoms with Gasteiger partial charge in [0, 0.05) is 25.9 Å². The Balaban J connectivity index is 1.81. The topological polar surface area (TPSA) is 37.4 Å². The number of amides is 1. The summed E-state index contributed by atoms with van der Waals surface area (Å²) >= 11 is 7.10. The van der Waals surface area contributed by atoms with Gasteiger partial charge in [-0.2, -0.15) is 0 Å². The van der Waals surface area contributed by atoms with Crippen molar-refractivity contribution in [3.05, 3.63) is 21.3 Å². The molecule has 0 spiro atoms. The lowest BCUT2D eigenvalue weighted by Gasteiger charge is -2.27. The van der Waals surface area contributed by atoms with Crippen LogP contribution in [0.4, 0.5) is 0 Å². The number of carbonyl (C=O) groups is 2. The molecule has 5 heteroatoms. The first-order valence-corrected chi connectivity index (χ1v) is 8.81. The van der Waals surface area contributed by atoms with Crippen LogP contribution in [-0.2, 0) is 4.79 Å². The number of carbonyl (C=O) groups excluding carboxylic acids is 2. The highest BCUT2D eigenvalue weighted by Crippen LogP contribution is 2.24. The summed E-state index contributed by atoms with van der Waals surface area (Å²) in [7, 11) is 1.88. The average Bonchev–Trinajstić information content (AvgIpc) is 2.75. The average molecular weight is 328 g/mol. The Hall–Kier alpha value is -0.870. The standard InChI is InChI=1S/C16H22ClNO2S/c1-18(12-6-4-2-3-5-7-12)16(20)11-8-13(19)14-9-10-15(17)21-14/h9-10,12H,2-8,11H2,1H3. The fourth-order valence-electron chi connectivity index (χ4n) is 2.83. The van der Waals surface area contributed by atoms with Crippen molar-refractivity contribution in [1.82, 2.24) is 4.90 Å². The molecule has 2 rings (SSSR count). The summed E-state index contributed by atoms with van der Waals surface area (Å²) in [4.78, 5) is 26.7. The zero-order valence-electron chi connectivity index (χ0n) is 12.4. The van der Waals surface area contributed by atoms with Crippen LogP contribution in [-0.4, -0.2) is 29.7 Å². The van der Waals surface area contributed by atoms with Gasteiger partial charge in [0.15, 0.2) is 5.78 Å². The molecule has 0 N–H and O–H groups in total. The lowest BCUT2D eigenvalue weighted by molar-refractivity contribution is -0.132. The molecule has 0 aromatic carbocycles. The molecule has 1 aliphatic carbocycles. The minimum Gasteiger partial charge on any atom is -0.343 e. The number of halogens is 1. The molecule has 0 unspecified atom stereocenters. The number of ketones is 1. The molecule has 1 aromatic rings. The van der Waals surface area contributed by atoms with E-state index in [1.165, 1.54) is 37.0 Å². The predicted molar refractivity (Wildman–Crippen MR) is 87.2 cm³/mol. The van der Waals surface area contributed by atoms with E-state index in [1.807, 2.05) is 11.9 Å². The molecule has 3 nitrogen and oxygen atoms in total. The Morgan fingerprint density at radius 3 is 2.43 bits per heavy atom. The van der Waals surface area contributed by atoms with Gasteiger partial charge in [-0.25, -0.2) is 0 Å². The summed E-state index contributed by atoms with van der Waals surface area (Å²) in [5, 5.41) is 0. The lowest BCUT2D eigenvalue weighted by atomic mass is 10.1. The molecule has 1 aromatic heterocycles. The van der Waals surface area contributed by atoms with Gasteiger partial charge < -0.3 is 4.90 Å². The van der Waals surface area contributed by atoms with E-state index in [2.05, 4.69) is 0 Å². The van der Waals surface area contributed by atoms with Crippen LogP contribution >= 0.6 is 22.9 Å². The number of rotatable bonds is 5. The highest BCUT2D eigenvalue weighted by atomic mass is 35.5. The Labute approximate surface area is 135 Å². The molecule has 0 saturated heterocycles. The van der Waals surface area contributed by atoms with Crippen molar-refractivity contribution in [3.8, 4) is 0 Å². The summed E-state index contributed by atoms with van der Waals surface area (Å²) in [6.45, 7) is 0. The van der Waals surface area contributed by atoms with Gasteiger partial charge in [-0.3, -0.25) is 9.59 Å². The highest BCUT2D eigenvalue weighted by molar-refractivity contribution is 7.18. The maximum atomic E-state index is 12.2. The zero-order chi connectivity index (χ0) is 15.2. The second-order valence-electron chi connectivity index (χ2n) is 5.68. The Morgan fingerprint density at radius 1 is 1.19 bits per heavy atom. The number of nitrogens with zero attached hydrogens (tertiary/aromatic N) is 1. The van der Waals surface area contributed by atoms with E-state index in [0.29, 0.717) is 21.7 Å². The van der Waals surface area contributed by atoms with Crippen molar-refractivity contribution >= 4 is 34.6 Å². The van der Waals surface area contributed by atoms with Crippen molar-refractivity contribution < 1.29 is 9.59 Å². The van der Waals surface area contributed by atoms with Crippen molar-refractivity contribution in [1.29, 1.82) is 0 Å². The molecular formula is C16H22ClNO2S. The Bertz CT molecular complexity index is 492. The van der Waals surface area contributed by atoms with Crippen molar-refractivity contribution in [2.24, 2.45) is 0 Å². The quantitative estimate of drug-likeness (QED) is 0.588. The molecule has 1 saturated carbocycles. The van der Waals surface area contributed by atoms with E-state index >= 15 is 0 Å². The summed E-state index contributed by atoms with van der Waals surface area (Å²) < 4.78 is 0.611. The van der Waals surface area contributed by atoms with Crippen molar-refractivity contribution in [2.45, 2.75) is 57.4 Å². The number of hydrogen-bond acceptors (Lipinski definition) is 3.